The van der Waals surface area contributed by atoms with Crippen molar-refractivity contribution in [2.45, 2.75) is 52.0 Å². The minimum absolute atomic E-state index is 0.0839. The largest absolute Gasteiger partial charge is 0.458 e. The second-order valence-electron chi connectivity index (χ2n) is 10.2. The summed E-state index contributed by atoms with van der Waals surface area (Å²) >= 11 is 0. The third kappa shape index (κ3) is 4.04. The van der Waals surface area contributed by atoms with E-state index in [0.29, 0.717) is 42.3 Å². The second kappa shape index (κ2) is 9.52. The SMILES string of the molecule is CCCN(C)C(=O)Oc1ccc2nc3c(c(CN(C)C)c2c1)Cn1c-3cc2c(c1=O)COC(=O)[C@]2(O)CC. The van der Waals surface area contributed by atoms with Gasteiger partial charge in [0, 0.05) is 36.7 Å². The second-order valence-corrected chi connectivity index (χ2v) is 10.2. The Morgan fingerprint density at radius 1 is 1.18 bits per heavy atom. The first-order valence-electron chi connectivity index (χ1n) is 12.8. The van der Waals surface area contributed by atoms with Crippen LogP contribution in [0.25, 0.3) is 22.3 Å². The van der Waals surface area contributed by atoms with Crippen LogP contribution in [0.1, 0.15) is 48.9 Å². The lowest BCUT2D eigenvalue weighted by molar-refractivity contribution is -0.172. The van der Waals surface area contributed by atoms with Gasteiger partial charge in [0.15, 0.2) is 5.60 Å². The number of cyclic esters (lactones) is 1. The first kappa shape index (κ1) is 25.9. The van der Waals surface area contributed by atoms with Crippen molar-refractivity contribution in [3.05, 3.63) is 56.9 Å². The predicted molar refractivity (Wildman–Crippen MR) is 141 cm³/mol. The van der Waals surface area contributed by atoms with Gasteiger partial charge in [-0.2, -0.15) is 0 Å². The van der Waals surface area contributed by atoms with Crippen LogP contribution in [0.4, 0.5) is 4.79 Å². The Labute approximate surface area is 220 Å². The molecule has 0 spiro atoms. The molecule has 10 nitrogen and oxygen atoms in total. The number of amides is 1. The Bertz CT molecular complexity index is 1530. The molecule has 3 aromatic rings. The van der Waals surface area contributed by atoms with E-state index in [1.807, 2.05) is 32.0 Å². The van der Waals surface area contributed by atoms with Crippen molar-refractivity contribution in [1.29, 1.82) is 0 Å². The van der Waals surface area contributed by atoms with E-state index in [1.165, 1.54) is 4.90 Å². The van der Waals surface area contributed by atoms with Crippen molar-refractivity contribution in [3.8, 4) is 17.1 Å². The molecule has 1 amide bonds. The van der Waals surface area contributed by atoms with E-state index in [0.717, 1.165) is 22.9 Å². The third-order valence-electron chi connectivity index (χ3n) is 7.33. The Morgan fingerprint density at radius 2 is 1.95 bits per heavy atom. The summed E-state index contributed by atoms with van der Waals surface area (Å²) in [6.07, 6.45) is 0.478. The summed E-state index contributed by atoms with van der Waals surface area (Å²) in [6, 6.07) is 7.04. The number of carbonyl (C=O) groups is 2. The summed E-state index contributed by atoms with van der Waals surface area (Å²) in [5.41, 5.74) is 2.12. The van der Waals surface area contributed by atoms with Crippen molar-refractivity contribution in [2.75, 3.05) is 27.7 Å². The number of aliphatic hydroxyl groups is 1. The minimum Gasteiger partial charge on any atom is -0.458 e. The fourth-order valence-electron chi connectivity index (χ4n) is 5.31. The van der Waals surface area contributed by atoms with E-state index in [2.05, 4.69) is 0 Å². The van der Waals surface area contributed by atoms with Gasteiger partial charge in [-0.25, -0.2) is 14.6 Å². The van der Waals surface area contributed by atoms with Gasteiger partial charge in [-0.3, -0.25) is 4.79 Å². The van der Waals surface area contributed by atoms with Gasteiger partial charge >= 0.3 is 12.1 Å². The maximum absolute atomic E-state index is 13.6. The molecule has 0 fully saturated rings. The number of hydrogen-bond acceptors (Lipinski definition) is 8. The van der Waals surface area contributed by atoms with E-state index in [9.17, 15) is 19.5 Å². The molecule has 10 heteroatoms. The zero-order valence-electron chi connectivity index (χ0n) is 22.3. The molecule has 1 N–H and O–H groups in total. The average molecular weight is 521 g/mol. The van der Waals surface area contributed by atoms with Crippen molar-refractivity contribution in [1.82, 2.24) is 19.4 Å². The summed E-state index contributed by atoms with van der Waals surface area (Å²) in [7, 11) is 5.62. The number of esters is 1. The Morgan fingerprint density at radius 3 is 2.63 bits per heavy atom. The average Bonchev–Trinajstić information content (AvgIpc) is 3.25. The maximum Gasteiger partial charge on any atom is 0.414 e. The van der Waals surface area contributed by atoms with E-state index >= 15 is 0 Å². The summed E-state index contributed by atoms with van der Waals surface area (Å²) in [6.45, 7) is 4.96. The van der Waals surface area contributed by atoms with Crippen LogP contribution >= 0.6 is 0 Å². The lowest BCUT2D eigenvalue weighted by Crippen LogP contribution is -2.44. The molecule has 38 heavy (non-hydrogen) atoms. The summed E-state index contributed by atoms with van der Waals surface area (Å²) in [5, 5.41) is 12.0. The minimum atomic E-state index is -1.88. The fourth-order valence-corrected chi connectivity index (χ4v) is 5.31. The monoisotopic (exact) mass is 520 g/mol. The molecule has 1 aromatic carbocycles. The van der Waals surface area contributed by atoms with E-state index in [1.54, 1.807) is 36.7 Å². The molecule has 2 aliphatic heterocycles. The summed E-state index contributed by atoms with van der Waals surface area (Å²) < 4.78 is 12.4. The van der Waals surface area contributed by atoms with Crippen LogP contribution in [-0.2, 0) is 34.8 Å². The number of fused-ring (bicyclic) bond motifs is 5. The number of nitrogens with zero attached hydrogens (tertiary/aromatic N) is 4. The number of rotatable bonds is 6. The normalized spacial score (nSPS) is 17.7. The molecule has 0 saturated heterocycles. The number of pyridine rings is 2. The van der Waals surface area contributed by atoms with E-state index in [-0.39, 0.29) is 29.7 Å². The van der Waals surface area contributed by atoms with Crippen molar-refractivity contribution in [2.24, 2.45) is 0 Å². The number of ether oxygens (including phenoxy) is 2. The van der Waals surface area contributed by atoms with Crippen molar-refractivity contribution in [3.63, 3.8) is 0 Å². The van der Waals surface area contributed by atoms with Crippen LogP contribution in [0, 0.1) is 0 Å². The molecular formula is C28H32N4O6. The Balaban J connectivity index is 1.67. The van der Waals surface area contributed by atoms with E-state index < -0.39 is 17.7 Å². The van der Waals surface area contributed by atoms with Gasteiger partial charge in [0.25, 0.3) is 5.56 Å². The van der Waals surface area contributed by atoms with Gasteiger partial charge in [0.1, 0.15) is 12.4 Å². The van der Waals surface area contributed by atoms with Crippen LogP contribution in [0.3, 0.4) is 0 Å². The molecule has 1 atom stereocenters. The van der Waals surface area contributed by atoms with Crippen LogP contribution in [0.15, 0.2) is 29.1 Å². The molecule has 4 heterocycles. The highest BCUT2D eigenvalue weighted by atomic mass is 16.6. The molecule has 200 valence electrons. The van der Waals surface area contributed by atoms with Gasteiger partial charge in [0.05, 0.1) is 29.0 Å². The molecule has 2 aliphatic rings. The van der Waals surface area contributed by atoms with E-state index in [4.69, 9.17) is 14.5 Å². The predicted octanol–water partition coefficient (Wildman–Crippen LogP) is 2.98. The molecule has 0 unspecified atom stereocenters. The molecule has 0 aliphatic carbocycles. The summed E-state index contributed by atoms with van der Waals surface area (Å²) in [5.74, 6) is -0.333. The highest BCUT2D eigenvalue weighted by molar-refractivity contribution is 5.90. The van der Waals surface area contributed by atoms with Gasteiger partial charge in [-0.1, -0.05) is 13.8 Å². The maximum atomic E-state index is 13.6. The molecule has 5 rings (SSSR count). The lowest BCUT2D eigenvalue weighted by Gasteiger charge is -2.31. The van der Waals surface area contributed by atoms with Crippen molar-refractivity contribution >= 4 is 23.0 Å². The first-order valence-corrected chi connectivity index (χ1v) is 12.8. The quantitative estimate of drug-likeness (QED) is 0.386. The standard InChI is InChI=1S/C28H32N4O6/c1-6-10-31(5)27(35)38-16-8-9-22-17(11-16)18(13-30(3)4)19-14-32-23(24(19)29-22)12-21-20(25(32)33)15-37-26(34)28(21,36)7-2/h8-9,11-12,36H,6-7,10,13-15H2,1-5H3/t28-/m0/s1. The number of benzene rings is 1. The van der Waals surface area contributed by atoms with Gasteiger partial charge in [0.2, 0.25) is 0 Å². The Hall–Kier alpha value is -3.76. The topological polar surface area (TPSA) is 114 Å². The highest BCUT2D eigenvalue weighted by Gasteiger charge is 2.45. The van der Waals surface area contributed by atoms with Crippen LogP contribution in [-0.4, -0.2) is 64.2 Å². The zero-order valence-corrected chi connectivity index (χ0v) is 22.3. The highest BCUT2D eigenvalue weighted by Crippen LogP contribution is 2.40. The molecule has 0 bridgehead atoms. The molecule has 0 radical (unpaired) electrons. The number of hydrogen-bond donors (Lipinski definition) is 1. The molecular weight excluding hydrogens is 488 g/mol. The molecule has 2 aromatic heterocycles. The molecule has 0 saturated carbocycles. The van der Waals surface area contributed by atoms with Gasteiger partial charge in [-0.05, 0) is 56.8 Å². The Kier molecular flexibility index (Phi) is 6.48. The van der Waals surface area contributed by atoms with Crippen LogP contribution in [0.5, 0.6) is 5.75 Å². The zero-order chi connectivity index (χ0) is 27.4. The van der Waals surface area contributed by atoms with Crippen LogP contribution in [0.2, 0.25) is 0 Å². The van der Waals surface area contributed by atoms with Crippen LogP contribution < -0.4 is 10.3 Å². The van der Waals surface area contributed by atoms with Gasteiger partial charge < -0.3 is 28.9 Å². The fraction of sp³-hybridized carbons (Fsp3) is 0.429. The van der Waals surface area contributed by atoms with Gasteiger partial charge in [-0.15, -0.1) is 0 Å². The number of aromatic nitrogens is 2. The third-order valence-corrected chi connectivity index (χ3v) is 7.33. The van der Waals surface area contributed by atoms with Crippen molar-refractivity contribution < 1.29 is 24.2 Å². The number of carbonyl (C=O) groups excluding carboxylic acids is 2. The summed E-state index contributed by atoms with van der Waals surface area (Å²) in [4.78, 5) is 47.0. The smallest absolute Gasteiger partial charge is 0.414 e. The lowest BCUT2D eigenvalue weighted by atomic mass is 9.86. The first-order chi connectivity index (χ1) is 18.1.